The van der Waals surface area contributed by atoms with Gasteiger partial charge < -0.3 is 33.8 Å². The molecule has 17 nitrogen and oxygen atoms in total. The van der Waals surface area contributed by atoms with Crippen LogP contribution in [-0.2, 0) is 65.4 Å². The van der Waals surface area contributed by atoms with E-state index in [0.717, 1.165) is 120 Å². The molecule has 0 aromatic rings. The Kier molecular flexibility index (Phi) is 65.9. The Labute approximate surface area is 594 Å². The Hall–Kier alpha value is -1.94. The van der Waals surface area contributed by atoms with E-state index in [4.69, 9.17) is 37.0 Å². The lowest BCUT2D eigenvalue weighted by Gasteiger charge is -2.21. The Morgan fingerprint density at radius 1 is 0.289 bits per heavy atom. The van der Waals surface area contributed by atoms with Crippen LogP contribution >= 0.6 is 15.6 Å². The average molecular weight is 1420 g/mol. The van der Waals surface area contributed by atoms with Gasteiger partial charge in [0, 0.05) is 25.7 Å². The average Bonchev–Trinajstić information content (AvgIpc) is 1.23. The minimum Gasteiger partial charge on any atom is -0.462 e. The van der Waals surface area contributed by atoms with Crippen molar-refractivity contribution in [2.75, 3.05) is 39.6 Å². The summed E-state index contributed by atoms with van der Waals surface area (Å²) in [7, 11) is -9.92. The van der Waals surface area contributed by atoms with Crippen molar-refractivity contribution in [3.63, 3.8) is 0 Å². The van der Waals surface area contributed by atoms with Crippen LogP contribution < -0.4 is 0 Å². The van der Waals surface area contributed by atoms with Crippen molar-refractivity contribution in [3.05, 3.63) is 0 Å². The minimum atomic E-state index is -4.96. The first-order valence-corrected chi connectivity index (χ1v) is 43.3. The van der Waals surface area contributed by atoms with Gasteiger partial charge in [0.25, 0.3) is 0 Å². The summed E-state index contributed by atoms with van der Waals surface area (Å²) in [6.07, 6.45) is 52.9. The van der Waals surface area contributed by atoms with Crippen LogP contribution in [0.25, 0.3) is 0 Å². The van der Waals surface area contributed by atoms with Crippen molar-refractivity contribution < 1.29 is 80.2 Å². The van der Waals surface area contributed by atoms with Crippen LogP contribution in [0, 0.1) is 23.7 Å². The highest BCUT2D eigenvalue weighted by atomic mass is 31.2. The molecule has 97 heavy (non-hydrogen) atoms. The molecule has 0 aliphatic carbocycles. The van der Waals surface area contributed by atoms with Gasteiger partial charge in [-0.15, -0.1) is 0 Å². The smallest absolute Gasteiger partial charge is 0.462 e. The Balaban J connectivity index is 5.17. The number of carbonyl (C=O) groups excluding carboxylic acids is 4. The summed E-state index contributed by atoms with van der Waals surface area (Å²) in [5.74, 6) is 0.944. The molecule has 0 aliphatic heterocycles. The SMILES string of the molecule is CCC(C)CCCCCCCCC(=O)OC[C@H](COP(=O)(O)OC[C@H](O)COP(=O)(O)OC[C@@H](COC(=O)CCCCCCCCCCCCCCCCCC(C)C)OC(=O)CCCCCCCCC(C)CC)OC(=O)CCCCCCCCCCCCCCCCCCC(C)C. The second-order valence-electron chi connectivity index (χ2n) is 29.5. The van der Waals surface area contributed by atoms with Crippen LogP contribution in [-0.4, -0.2) is 96.7 Å². The number of unbranched alkanes of at least 4 members (excludes halogenated alkanes) is 39. The number of esters is 4. The van der Waals surface area contributed by atoms with E-state index in [1.165, 1.54) is 193 Å². The van der Waals surface area contributed by atoms with Crippen molar-refractivity contribution in [1.82, 2.24) is 0 Å². The zero-order chi connectivity index (χ0) is 71.7. The third kappa shape index (κ3) is 69.5. The zero-order valence-corrected chi connectivity index (χ0v) is 65.5. The number of hydrogen-bond acceptors (Lipinski definition) is 15. The molecule has 576 valence electrons. The zero-order valence-electron chi connectivity index (χ0n) is 63.7. The van der Waals surface area contributed by atoms with Crippen LogP contribution in [0.2, 0.25) is 0 Å². The standard InChI is InChI=1S/C78H152O17P2/c1-9-70(7)56-48-40-34-36-43-51-59-76(81)89-65-73(94-77(82)60-52-44-33-29-25-21-16-12-11-14-18-22-26-30-38-46-54-68(3)4)66-92-96(84,85)90-62-72(79)63-91-97(86,87)93-67-74(95-78(83)61-53-45-37-35-41-49-57-71(8)10-2)64-88-75(80)58-50-42-32-28-24-20-17-13-15-19-23-27-31-39-47-55-69(5)6/h68-74,79H,9-67H2,1-8H3,(H,84,85)(H,86,87)/t70?,71?,72-,73+,74+/m0/s1. The Morgan fingerprint density at radius 3 is 0.732 bits per heavy atom. The van der Waals surface area contributed by atoms with E-state index in [-0.39, 0.29) is 25.7 Å². The van der Waals surface area contributed by atoms with E-state index < -0.39 is 97.5 Å². The molecule has 0 fully saturated rings. The van der Waals surface area contributed by atoms with Crippen LogP contribution in [0.1, 0.15) is 396 Å². The van der Waals surface area contributed by atoms with E-state index in [9.17, 15) is 43.2 Å². The Morgan fingerprint density at radius 2 is 0.495 bits per heavy atom. The van der Waals surface area contributed by atoms with Gasteiger partial charge in [0.05, 0.1) is 26.4 Å². The highest BCUT2D eigenvalue weighted by Crippen LogP contribution is 2.45. The minimum absolute atomic E-state index is 0.103. The molecule has 0 radical (unpaired) electrons. The fourth-order valence-corrected chi connectivity index (χ4v) is 13.4. The quantitative estimate of drug-likeness (QED) is 0.0222. The molecule has 7 atom stereocenters. The highest BCUT2D eigenvalue weighted by molar-refractivity contribution is 7.47. The van der Waals surface area contributed by atoms with Gasteiger partial charge in [-0.1, -0.05) is 344 Å². The van der Waals surface area contributed by atoms with Crippen molar-refractivity contribution in [2.45, 2.75) is 414 Å². The van der Waals surface area contributed by atoms with E-state index in [1.807, 2.05) is 0 Å². The first-order chi connectivity index (χ1) is 46.7. The molecule has 19 heteroatoms. The van der Waals surface area contributed by atoms with E-state index >= 15 is 0 Å². The molecule has 3 N–H and O–H groups in total. The van der Waals surface area contributed by atoms with Crippen molar-refractivity contribution >= 4 is 39.5 Å². The number of phosphoric ester groups is 2. The van der Waals surface area contributed by atoms with Gasteiger partial charge in [-0.3, -0.25) is 37.3 Å². The first-order valence-electron chi connectivity index (χ1n) is 40.3. The molecular formula is C78H152O17P2. The predicted molar refractivity (Wildman–Crippen MR) is 395 cm³/mol. The summed E-state index contributed by atoms with van der Waals surface area (Å²) in [6, 6.07) is 0. The first kappa shape index (κ1) is 95.1. The molecule has 0 aromatic carbocycles. The highest BCUT2D eigenvalue weighted by Gasteiger charge is 2.30. The summed E-state index contributed by atoms with van der Waals surface area (Å²) in [5.41, 5.74) is 0. The molecule has 0 amide bonds. The van der Waals surface area contributed by atoms with Gasteiger partial charge in [-0.2, -0.15) is 0 Å². The lowest BCUT2D eigenvalue weighted by Crippen LogP contribution is -2.30. The molecule has 0 bridgehead atoms. The van der Waals surface area contributed by atoms with Crippen LogP contribution in [0.4, 0.5) is 0 Å². The van der Waals surface area contributed by atoms with E-state index in [0.29, 0.717) is 25.7 Å². The van der Waals surface area contributed by atoms with Gasteiger partial charge in [0.15, 0.2) is 12.2 Å². The fourth-order valence-electron chi connectivity index (χ4n) is 11.8. The maximum atomic E-state index is 13.1. The molecule has 0 heterocycles. The normalized spacial score (nSPS) is 14.6. The summed E-state index contributed by atoms with van der Waals surface area (Å²) < 4.78 is 68.5. The summed E-state index contributed by atoms with van der Waals surface area (Å²) in [5, 5.41) is 10.6. The maximum absolute atomic E-state index is 13.1. The van der Waals surface area contributed by atoms with Gasteiger partial charge in [0.1, 0.15) is 19.3 Å². The molecule has 0 rings (SSSR count). The number of rotatable bonds is 75. The van der Waals surface area contributed by atoms with Gasteiger partial charge in [-0.05, 0) is 49.4 Å². The van der Waals surface area contributed by atoms with Gasteiger partial charge in [0.2, 0.25) is 0 Å². The monoisotopic (exact) mass is 1420 g/mol. The van der Waals surface area contributed by atoms with Crippen molar-refractivity contribution in [3.8, 4) is 0 Å². The second-order valence-corrected chi connectivity index (χ2v) is 32.4. The van der Waals surface area contributed by atoms with E-state index in [1.54, 1.807) is 0 Å². The number of hydrogen-bond donors (Lipinski definition) is 3. The number of phosphoric acid groups is 2. The van der Waals surface area contributed by atoms with Crippen LogP contribution in [0.15, 0.2) is 0 Å². The second kappa shape index (κ2) is 67.2. The van der Waals surface area contributed by atoms with Crippen molar-refractivity contribution in [1.29, 1.82) is 0 Å². The Bertz CT molecular complexity index is 1910. The fraction of sp³-hybridized carbons (Fsp3) is 0.949. The number of aliphatic hydroxyl groups is 1. The van der Waals surface area contributed by atoms with Crippen LogP contribution in [0.5, 0.6) is 0 Å². The molecule has 0 aromatic heterocycles. The van der Waals surface area contributed by atoms with Gasteiger partial charge >= 0.3 is 39.5 Å². The lowest BCUT2D eigenvalue weighted by molar-refractivity contribution is -0.161. The summed E-state index contributed by atoms with van der Waals surface area (Å²) in [4.78, 5) is 72.8. The summed E-state index contributed by atoms with van der Waals surface area (Å²) in [6.45, 7) is 14.2. The molecular weight excluding hydrogens is 1270 g/mol. The third-order valence-electron chi connectivity index (χ3n) is 18.8. The van der Waals surface area contributed by atoms with Crippen molar-refractivity contribution in [2.24, 2.45) is 23.7 Å². The number of aliphatic hydroxyl groups excluding tert-OH is 1. The molecule has 0 saturated heterocycles. The predicted octanol–water partition coefficient (Wildman–Crippen LogP) is 22.8. The number of carbonyl (C=O) groups is 4. The molecule has 0 spiro atoms. The molecule has 4 unspecified atom stereocenters. The maximum Gasteiger partial charge on any atom is 0.472 e. The topological polar surface area (TPSA) is 237 Å². The van der Waals surface area contributed by atoms with Crippen LogP contribution in [0.3, 0.4) is 0 Å². The molecule has 0 aliphatic rings. The molecule has 0 saturated carbocycles. The third-order valence-corrected chi connectivity index (χ3v) is 20.7. The number of ether oxygens (including phenoxy) is 4. The van der Waals surface area contributed by atoms with Gasteiger partial charge in [-0.25, -0.2) is 9.13 Å². The summed E-state index contributed by atoms with van der Waals surface area (Å²) >= 11 is 0. The largest absolute Gasteiger partial charge is 0.472 e. The van der Waals surface area contributed by atoms with E-state index in [2.05, 4.69) is 55.4 Å². The lowest BCUT2D eigenvalue weighted by atomic mass is 10.00.